The molecule has 31 heavy (non-hydrogen) atoms. The highest BCUT2D eigenvalue weighted by Crippen LogP contribution is 2.41. The Labute approximate surface area is 185 Å². The average molecular weight is 455 g/mol. The summed E-state index contributed by atoms with van der Waals surface area (Å²) in [7, 11) is 1.29. The molecule has 0 spiro atoms. The highest BCUT2D eigenvalue weighted by Gasteiger charge is 2.39. The standard InChI is InChI=1S/C20H25ClN2O5.CH2O2/c1-4-28-20(25)18-15(11-27-10-9-22)23-12(2)16(19(24)26-3)17(18)13-7-5-6-8-14(13)21;2-1-3/h5-8,17,23H,4,9-11,22H2,1-3H3;1H,(H,2,3)/t17-;/m0./s1. The average Bonchev–Trinajstić information content (AvgIpc) is 2.74. The molecule has 0 aromatic heterocycles. The van der Waals surface area contributed by atoms with E-state index in [1.165, 1.54) is 7.11 Å². The second-order valence-corrected chi connectivity index (χ2v) is 6.58. The third kappa shape index (κ3) is 6.81. The first-order chi connectivity index (χ1) is 14.9. The smallest absolute Gasteiger partial charge is 0.336 e. The van der Waals surface area contributed by atoms with Crippen LogP contribution >= 0.6 is 11.6 Å². The Morgan fingerprint density at radius 1 is 1.26 bits per heavy atom. The van der Waals surface area contributed by atoms with Gasteiger partial charge in [-0.1, -0.05) is 29.8 Å². The molecule has 4 N–H and O–H groups in total. The Bertz CT molecular complexity index is 852. The topological polar surface area (TPSA) is 137 Å². The SMILES string of the molecule is CCOC(=O)C1=C(COCCN)NC(C)=C(C(=O)OC)[C@@H]1c1ccccc1Cl.O=CO. The van der Waals surface area contributed by atoms with Crippen molar-refractivity contribution in [2.24, 2.45) is 5.73 Å². The van der Waals surface area contributed by atoms with Gasteiger partial charge < -0.3 is 30.4 Å². The lowest BCUT2D eigenvalue weighted by molar-refractivity contribution is -0.139. The van der Waals surface area contributed by atoms with E-state index in [4.69, 9.17) is 41.4 Å². The highest BCUT2D eigenvalue weighted by molar-refractivity contribution is 6.31. The van der Waals surface area contributed by atoms with Gasteiger partial charge in [-0.05, 0) is 25.5 Å². The molecule has 0 saturated carbocycles. The number of carboxylic acid groups (broad SMARTS) is 1. The monoisotopic (exact) mass is 454 g/mol. The predicted octanol–water partition coefficient (Wildman–Crippen LogP) is 1.97. The second-order valence-electron chi connectivity index (χ2n) is 6.17. The maximum atomic E-state index is 12.9. The number of nitrogens with one attached hydrogen (secondary N) is 1. The summed E-state index contributed by atoms with van der Waals surface area (Å²) in [5.74, 6) is -1.86. The van der Waals surface area contributed by atoms with Crippen LogP contribution in [0.5, 0.6) is 0 Å². The summed E-state index contributed by atoms with van der Waals surface area (Å²) in [6.07, 6.45) is 0. The van der Waals surface area contributed by atoms with Gasteiger partial charge in [-0.25, -0.2) is 9.59 Å². The Balaban J connectivity index is 0.00000151. The lowest BCUT2D eigenvalue weighted by Gasteiger charge is -2.31. The number of nitrogens with two attached hydrogens (primary N) is 1. The minimum Gasteiger partial charge on any atom is -0.483 e. The fraction of sp³-hybridized carbons (Fsp3) is 0.381. The van der Waals surface area contributed by atoms with Crippen molar-refractivity contribution in [3.05, 3.63) is 57.4 Å². The molecule has 0 radical (unpaired) electrons. The van der Waals surface area contributed by atoms with Crippen LogP contribution in [0.4, 0.5) is 0 Å². The number of esters is 2. The molecule has 1 aromatic rings. The largest absolute Gasteiger partial charge is 0.483 e. The van der Waals surface area contributed by atoms with Crippen LogP contribution < -0.4 is 11.1 Å². The summed E-state index contributed by atoms with van der Waals surface area (Å²) in [5.41, 5.74) is 7.70. The van der Waals surface area contributed by atoms with Crippen LogP contribution in [0.2, 0.25) is 5.02 Å². The molecule has 10 heteroatoms. The summed E-state index contributed by atoms with van der Waals surface area (Å²) >= 11 is 6.42. The summed E-state index contributed by atoms with van der Waals surface area (Å²) in [5, 5.41) is 10.4. The van der Waals surface area contributed by atoms with Crippen molar-refractivity contribution in [1.29, 1.82) is 0 Å². The van der Waals surface area contributed by atoms with Gasteiger partial charge in [0, 0.05) is 17.3 Å². The van der Waals surface area contributed by atoms with Gasteiger partial charge in [0.2, 0.25) is 0 Å². The molecular formula is C21H27ClN2O7. The Morgan fingerprint density at radius 3 is 2.45 bits per heavy atom. The number of methoxy groups -OCH3 is 1. The molecule has 0 amide bonds. The van der Waals surface area contributed by atoms with Crippen molar-refractivity contribution in [1.82, 2.24) is 5.32 Å². The fourth-order valence-electron chi connectivity index (χ4n) is 3.12. The Morgan fingerprint density at radius 2 is 1.90 bits per heavy atom. The fourth-order valence-corrected chi connectivity index (χ4v) is 3.36. The second kappa shape index (κ2) is 13.4. The molecule has 0 saturated heterocycles. The molecule has 2 rings (SSSR count). The maximum Gasteiger partial charge on any atom is 0.336 e. The zero-order valence-corrected chi connectivity index (χ0v) is 18.4. The molecule has 1 atom stereocenters. The molecular weight excluding hydrogens is 428 g/mol. The first kappa shape index (κ1) is 26.2. The van der Waals surface area contributed by atoms with E-state index in [0.717, 1.165) is 0 Å². The normalized spacial score (nSPS) is 15.5. The number of hydrogen-bond donors (Lipinski definition) is 3. The molecule has 0 aliphatic carbocycles. The Kier molecular flexibility index (Phi) is 11.3. The number of rotatable bonds is 8. The van der Waals surface area contributed by atoms with E-state index in [1.54, 1.807) is 38.1 Å². The lowest BCUT2D eigenvalue weighted by atomic mass is 9.80. The maximum absolute atomic E-state index is 12.9. The molecule has 0 bridgehead atoms. The van der Waals surface area contributed by atoms with Crippen LogP contribution in [0.3, 0.4) is 0 Å². The van der Waals surface area contributed by atoms with Crippen molar-refractivity contribution in [3.63, 3.8) is 0 Å². The van der Waals surface area contributed by atoms with Crippen molar-refractivity contribution in [2.45, 2.75) is 19.8 Å². The number of allylic oxidation sites excluding steroid dienone is 1. The van der Waals surface area contributed by atoms with Gasteiger partial charge in [0.25, 0.3) is 6.47 Å². The van der Waals surface area contributed by atoms with Gasteiger partial charge >= 0.3 is 11.9 Å². The summed E-state index contributed by atoms with van der Waals surface area (Å²) in [6, 6.07) is 7.05. The van der Waals surface area contributed by atoms with E-state index in [2.05, 4.69) is 5.32 Å². The number of carbonyl (C=O) groups excluding carboxylic acids is 2. The minimum atomic E-state index is -0.752. The molecule has 1 aliphatic heterocycles. The summed E-state index contributed by atoms with van der Waals surface area (Å²) < 4.78 is 15.8. The Hall–Kier alpha value is -2.88. The zero-order valence-electron chi connectivity index (χ0n) is 17.6. The van der Waals surface area contributed by atoms with Crippen LogP contribution in [-0.2, 0) is 28.6 Å². The van der Waals surface area contributed by atoms with E-state index >= 15 is 0 Å². The predicted molar refractivity (Wildman–Crippen MR) is 114 cm³/mol. The van der Waals surface area contributed by atoms with Gasteiger partial charge in [0.1, 0.15) is 0 Å². The van der Waals surface area contributed by atoms with Gasteiger partial charge in [0.15, 0.2) is 0 Å². The van der Waals surface area contributed by atoms with Crippen molar-refractivity contribution >= 4 is 30.0 Å². The molecule has 9 nitrogen and oxygen atoms in total. The van der Waals surface area contributed by atoms with Crippen LogP contribution in [0.25, 0.3) is 0 Å². The minimum absolute atomic E-state index is 0.109. The third-order valence-electron chi connectivity index (χ3n) is 4.27. The van der Waals surface area contributed by atoms with Crippen LogP contribution in [0, 0.1) is 0 Å². The van der Waals surface area contributed by atoms with Crippen LogP contribution in [0.1, 0.15) is 25.3 Å². The summed E-state index contributed by atoms with van der Waals surface area (Å²) in [4.78, 5) is 33.8. The van der Waals surface area contributed by atoms with Crippen LogP contribution in [-0.4, -0.2) is 57.0 Å². The van der Waals surface area contributed by atoms with E-state index in [-0.39, 0.29) is 25.3 Å². The first-order valence-corrected chi connectivity index (χ1v) is 9.81. The van der Waals surface area contributed by atoms with Gasteiger partial charge in [-0.15, -0.1) is 0 Å². The zero-order chi connectivity index (χ0) is 23.4. The quantitative estimate of drug-likeness (QED) is 0.305. The number of ether oxygens (including phenoxy) is 3. The van der Waals surface area contributed by atoms with E-state index in [9.17, 15) is 9.59 Å². The lowest BCUT2D eigenvalue weighted by Crippen LogP contribution is -2.35. The first-order valence-electron chi connectivity index (χ1n) is 9.44. The highest BCUT2D eigenvalue weighted by atomic mass is 35.5. The number of benzene rings is 1. The third-order valence-corrected chi connectivity index (χ3v) is 4.61. The van der Waals surface area contributed by atoms with Crippen LogP contribution in [0.15, 0.2) is 46.8 Å². The van der Waals surface area contributed by atoms with Gasteiger partial charge in [-0.2, -0.15) is 0 Å². The summed E-state index contributed by atoms with van der Waals surface area (Å²) in [6.45, 7) is 4.17. The molecule has 0 fully saturated rings. The van der Waals surface area contributed by atoms with Gasteiger partial charge in [0.05, 0.1) is 49.7 Å². The van der Waals surface area contributed by atoms with E-state index in [1.807, 2.05) is 0 Å². The molecule has 1 heterocycles. The van der Waals surface area contributed by atoms with E-state index < -0.39 is 17.9 Å². The van der Waals surface area contributed by atoms with Crippen molar-refractivity contribution in [3.8, 4) is 0 Å². The molecule has 170 valence electrons. The number of dihydropyridines is 1. The molecule has 1 aromatic carbocycles. The van der Waals surface area contributed by atoms with Gasteiger partial charge in [-0.3, -0.25) is 4.79 Å². The van der Waals surface area contributed by atoms with Crippen molar-refractivity contribution in [2.75, 3.05) is 33.5 Å². The van der Waals surface area contributed by atoms with E-state index in [0.29, 0.717) is 40.7 Å². The number of hydrogen-bond acceptors (Lipinski definition) is 8. The molecule has 0 unspecified atom stereocenters. The van der Waals surface area contributed by atoms with Crippen molar-refractivity contribution < 1.29 is 33.7 Å². The number of halogens is 1. The number of carbonyl (C=O) groups is 3. The molecule has 1 aliphatic rings.